The smallest absolute Gasteiger partial charge is 0.326 e. The Morgan fingerprint density at radius 1 is 1.40 bits per heavy atom. The first-order chi connectivity index (χ1) is 9.63. The summed E-state index contributed by atoms with van der Waals surface area (Å²) in [5, 5.41) is 12.5. The highest BCUT2D eigenvalue weighted by Gasteiger charge is 2.30. The minimum Gasteiger partial charge on any atom is -0.481 e. The number of hydrogen-bond donors (Lipinski definition) is 2. The molecular weight excluding hydrogens is 258 g/mol. The van der Waals surface area contributed by atoms with Gasteiger partial charge in [0.25, 0.3) is 0 Å². The van der Waals surface area contributed by atoms with E-state index in [0.717, 1.165) is 31.2 Å². The third-order valence-electron chi connectivity index (χ3n) is 3.91. The van der Waals surface area contributed by atoms with E-state index >= 15 is 0 Å². The second-order valence-corrected chi connectivity index (χ2v) is 5.21. The predicted molar refractivity (Wildman–Crippen MR) is 74.9 cm³/mol. The molecule has 1 unspecified atom stereocenters. The van der Waals surface area contributed by atoms with Crippen LogP contribution in [0.15, 0.2) is 6.33 Å². The number of carboxylic acid groups (broad SMARTS) is 1. The van der Waals surface area contributed by atoms with Crippen LogP contribution in [0.3, 0.4) is 0 Å². The number of aliphatic carboxylic acids is 1. The fourth-order valence-corrected chi connectivity index (χ4v) is 2.78. The molecule has 0 radical (unpaired) electrons. The summed E-state index contributed by atoms with van der Waals surface area (Å²) in [6, 6.07) is -0.603. The largest absolute Gasteiger partial charge is 0.481 e. The molecular formula is C14H21N3O3. The number of ether oxygens (including phenoxy) is 1. The van der Waals surface area contributed by atoms with Crippen LogP contribution < -0.4 is 10.1 Å². The number of carbonyl (C=O) groups is 1. The average molecular weight is 279 g/mol. The van der Waals surface area contributed by atoms with E-state index in [2.05, 4.69) is 15.3 Å². The van der Waals surface area contributed by atoms with Crippen molar-refractivity contribution >= 4 is 11.8 Å². The number of methoxy groups -OCH3 is 1. The minimum atomic E-state index is -0.825. The standard InChI is InChI=1S/C14H21N3O3/c1-9-12(15-8-16-13(9)20-2)17-11(14(18)19)10-6-4-3-5-7-10/h8,10-11H,3-7H2,1-2H3,(H,18,19)(H,15,16,17). The zero-order chi connectivity index (χ0) is 14.5. The van der Waals surface area contributed by atoms with Crippen molar-refractivity contribution in [3.05, 3.63) is 11.9 Å². The number of nitrogens with zero attached hydrogens (tertiary/aromatic N) is 2. The molecule has 1 saturated carbocycles. The fourth-order valence-electron chi connectivity index (χ4n) is 2.78. The van der Waals surface area contributed by atoms with Crippen molar-refractivity contribution in [2.75, 3.05) is 12.4 Å². The van der Waals surface area contributed by atoms with Gasteiger partial charge in [-0.3, -0.25) is 0 Å². The molecule has 1 aliphatic carbocycles. The van der Waals surface area contributed by atoms with Gasteiger partial charge in [0.1, 0.15) is 18.2 Å². The van der Waals surface area contributed by atoms with Gasteiger partial charge in [0.2, 0.25) is 5.88 Å². The van der Waals surface area contributed by atoms with Crippen molar-refractivity contribution in [1.82, 2.24) is 9.97 Å². The molecule has 1 aliphatic rings. The topological polar surface area (TPSA) is 84.3 Å². The van der Waals surface area contributed by atoms with Gasteiger partial charge >= 0.3 is 5.97 Å². The highest BCUT2D eigenvalue weighted by Crippen LogP contribution is 2.29. The molecule has 20 heavy (non-hydrogen) atoms. The van der Waals surface area contributed by atoms with Crippen molar-refractivity contribution in [3.8, 4) is 5.88 Å². The maximum Gasteiger partial charge on any atom is 0.326 e. The van der Waals surface area contributed by atoms with Crippen LogP contribution in [0.1, 0.15) is 37.7 Å². The first-order valence-corrected chi connectivity index (χ1v) is 6.98. The summed E-state index contributed by atoms with van der Waals surface area (Å²) in [5.74, 6) is 0.334. The Bertz CT molecular complexity index is 473. The Hall–Kier alpha value is -1.85. The van der Waals surface area contributed by atoms with Crippen molar-refractivity contribution in [2.24, 2.45) is 5.92 Å². The number of nitrogens with one attached hydrogen (secondary N) is 1. The Morgan fingerprint density at radius 2 is 2.10 bits per heavy atom. The summed E-state index contributed by atoms with van der Waals surface area (Å²) in [6.45, 7) is 1.82. The van der Waals surface area contributed by atoms with E-state index in [9.17, 15) is 9.90 Å². The van der Waals surface area contributed by atoms with Gasteiger partial charge in [0, 0.05) is 0 Å². The number of carboxylic acids is 1. The van der Waals surface area contributed by atoms with Crippen molar-refractivity contribution in [1.29, 1.82) is 0 Å². The molecule has 6 heteroatoms. The van der Waals surface area contributed by atoms with Gasteiger partial charge in [-0.2, -0.15) is 0 Å². The molecule has 0 bridgehead atoms. The molecule has 110 valence electrons. The van der Waals surface area contributed by atoms with Crippen LogP contribution >= 0.6 is 0 Å². The normalized spacial score (nSPS) is 17.5. The van der Waals surface area contributed by atoms with E-state index in [1.54, 1.807) is 0 Å². The van der Waals surface area contributed by atoms with Crippen molar-refractivity contribution in [3.63, 3.8) is 0 Å². The zero-order valence-corrected chi connectivity index (χ0v) is 11.9. The van der Waals surface area contributed by atoms with Crippen LogP contribution in [0.25, 0.3) is 0 Å². The fraction of sp³-hybridized carbons (Fsp3) is 0.643. The molecule has 1 fully saturated rings. The van der Waals surface area contributed by atoms with E-state index in [1.165, 1.54) is 19.9 Å². The van der Waals surface area contributed by atoms with E-state index in [0.29, 0.717) is 11.7 Å². The molecule has 1 aromatic heterocycles. The second-order valence-electron chi connectivity index (χ2n) is 5.21. The quantitative estimate of drug-likeness (QED) is 0.860. The first kappa shape index (κ1) is 14.6. The summed E-state index contributed by atoms with van der Waals surface area (Å²) >= 11 is 0. The maximum absolute atomic E-state index is 11.5. The van der Waals surface area contributed by atoms with Crippen LogP contribution in [0, 0.1) is 12.8 Å². The zero-order valence-electron chi connectivity index (χ0n) is 11.9. The highest BCUT2D eigenvalue weighted by atomic mass is 16.5. The van der Waals surface area contributed by atoms with Crippen LogP contribution in [-0.2, 0) is 4.79 Å². The Labute approximate surface area is 118 Å². The van der Waals surface area contributed by atoms with Gasteiger partial charge in [-0.15, -0.1) is 0 Å². The lowest BCUT2D eigenvalue weighted by Crippen LogP contribution is -2.38. The molecule has 0 aliphatic heterocycles. The first-order valence-electron chi connectivity index (χ1n) is 6.98. The van der Waals surface area contributed by atoms with Crippen LogP contribution in [0.5, 0.6) is 5.88 Å². The van der Waals surface area contributed by atoms with Gasteiger partial charge in [0.05, 0.1) is 12.7 Å². The van der Waals surface area contributed by atoms with Crippen molar-refractivity contribution in [2.45, 2.75) is 45.1 Å². The van der Waals surface area contributed by atoms with Gasteiger partial charge in [-0.1, -0.05) is 19.3 Å². The number of aromatic nitrogens is 2. The number of rotatable bonds is 5. The number of anilines is 1. The van der Waals surface area contributed by atoms with Gasteiger partial charge in [-0.05, 0) is 25.7 Å². The second kappa shape index (κ2) is 6.54. The lowest BCUT2D eigenvalue weighted by Gasteiger charge is -2.28. The predicted octanol–water partition coefficient (Wildman–Crippen LogP) is 2.24. The maximum atomic E-state index is 11.5. The van der Waals surface area contributed by atoms with E-state index < -0.39 is 12.0 Å². The van der Waals surface area contributed by atoms with Crippen LogP contribution in [0.2, 0.25) is 0 Å². The molecule has 1 heterocycles. The van der Waals surface area contributed by atoms with Crippen molar-refractivity contribution < 1.29 is 14.6 Å². The number of hydrogen-bond acceptors (Lipinski definition) is 5. The monoisotopic (exact) mass is 279 g/mol. The average Bonchev–Trinajstić information content (AvgIpc) is 2.46. The molecule has 2 N–H and O–H groups in total. The highest BCUT2D eigenvalue weighted by molar-refractivity contribution is 5.77. The Balaban J connectivity index is 2.17. The molecule has 0 spiro atoms. The third-order valence-corrected chi connectivity index (χ3v) is 3.91. The molecule has 0 aromatic carbocycles. The molecule has 6 nitrogen and oxygen atoms in total. The molecule has 1 atom stereocenters. The van der Waals surface area contributed by atoms with Gasteiger partial charge < -0.3 is 15.2 Å². The molecule has 2 rings (SSSR count). The lowest BCUT2D eigenvalue weighted by molar-refractivity contribution is -0.139. The van der Waals surface area contributed by atoms with E-state index in [1.807, 2.05) is 6.92 Å². The lowest BCUT2D eigenvalue weighted by atomic mass is 9.84. The van der Waals surface area contributed by atoms with Crippen LogP contribution in [0.4, 0.5) is 5.82 Å². The Kier molecular flexibility index (Phi) is 4.76. The summed E-state index contributed by atoms with van der Waals surface area (Å²) in [6.07, 6.45) is 6.68. The molecule has 0 amide bonds. The summed E-state index contributed by atoms with van der Waals surface area (Å²) in [7, 11) is 1.54. The van der Waals surface area contributed by atoms with Gasteiger partial charge in [0.15, 0.2) is 0 Å². The summed E-state index contributed by atoms with van der Waals surface area (Å²) in [4.78, 5) is 19.7. The minimum absolute atomic E-state index is 0.154. The molecule has 0 saturated heterocycles. The van der Waals surface area contributed by atoms with E-state index in [-0.39, 0.29) is 5.92 Å². The molecule has 1 aromatic rings. The Morgan fingerprint density at radius 3 is 2.70 bits per heavy atom. The summed E-state index contributed by atoms with van der Waals surface area (Å²) < 4.78 is 5.13. The SMILES string of the molecule is COc1ncnc(NC(C(=O)O)C2CCCCC2)c1C. The van der Waals surface area contributed by atoms with Gasteiger partial charge in [-0.25, -0.2) is 14.8 Å². The van der Waals surface area contributed by atoms with Crippen LogP contribution in [-0.4, -0.2) is 34.2 Å². The summed E-state index contributed by atoms with van der Waals surface area (Å²) in [5.41, 5.74) is 0.733. The van der Waals surface area contributed by atoms with E-state index in [4.69, 9.17) is 4.74 Å². The third kappa shape index (κ3) is 3.18.